The molecule has 0 saturated heterocycles. The Morgan fingerprint density at radius 3 is 2.57 bits per heavy atom. The molecule has 0 aliphatic carbocycles. The van der Waals surface area contributed by atoms with Crippen molar-refractivity contribution in [3.05, 3.63) is 57.8 Å². The van der Waals surface area contributed by atoms with Gasteiger partial charge in [0, 0.05) is 4.88 Å². The highest BCUT2D eigenvalue weighted by Crippen LogP contribution is 2.25. The Kier molecular flexibility index (Phi) is 2.66. The van der Waals surface area contributed by atoms with E-state index in [1.54, 1.807) is 11.3 Å². The third-order valence-corrected chi connectivity index (χ3v) is 3.33. The Balaban J connectivity index is 2.37. The van der Waals surface area contributed by atoms with Crippen LogP contribution < -0.4 is 5.73 Å². The standard InChI is InChI=1S/C12H13NS/c1-9-5-2-3-6-10(9)12(13)11-7-4-8-14-11/h2-8,12H,13H2,1H3/t12-/m0/s1. The Bertz CT molecular complexity index is 406. The maximum absolute atomic E-state index is 6.17. The molecule has 14 heavy (non-hydrogen) atoms. The second-order valence-corrected chi connectivity index (χ2v) is 4.33. The fourth-order valence-electron chi connectivity index (χ4n) is 1.56. The van der Waals surface area contributed by atoms with Crippen molar-refractivity contribution in [3.63, 3.8) is 0 Å². The summed E-state index contributed by atoms with van der Waals surface area (Å²) in [5.41, 5.74) is 8.65. The molecule has 0 radical (unpaired) electrons. The van der Waals surface area contributed by atoms with E-state index in [4.69, 9.17) is 5.73 Å². The molecule has 2 N–H and O–H groups in total. The van der Waals surface area contributed by atoms with Gasteiger partial charge in [-0.25, -0.2) is 0 Å². The molecule has 0 spiro atoms. The fraction of sp³-hybridized carbons (Fsp3) is 0.167. The highest BCUT2D eigenvalue weighted by molar-refractivity contribution is 7.10. The van der Waals surface area contributed by atoms with Gasteiger partial charge in [-0.1, -0.05) is 30.3 Å². The van der Waals surface area contributed by atoms with Crippen LogP contribution in [0.4, 0.5) is 0 Å². The zero-order valence-electron chi connectivity index (χ0n) is 8.10. The van der Waals surface area contributed by atoms with Crippen LogP contribution in [0.5, 0.6) is 0 Å². The first-order chi connectivity index (χ1) is 6.79. The van der Waals surface area contributed by atoms with Gasteiger partial charge in [-0.05, 0) is 29.5 Å². The molecule has 2 heteroatoms. The van der Waals surface area contributed by atoms with Crippen molar-refractivity contribution in [1.82, 2.24) is 0 Å². The van der Waals surface area contributed by atoms with Gasteiger partial charge in [0.15, 0.2) is 0 Å². The van der Waals surface area contributed by atoms with Crippen LogP contribution in [0.3, 0.4) is 0 Å². The fourth-order valence-corrected chi connectivity index (χ4v) is 2.30. The molecule has 1 nitrogen and oxygen atoms in total. The molecular weight excluding hydrogens is 190 g/mol. The maximum atomic E-state index is 6.17. The Morgan fingerprint density at radius 2 is 1.93 bits per heavy atom. The molecule has 1 atom stereocenters. The Hall–Kier alpha value is -1.12. The first kappa shape index (κ1) is 9.44. The second kappa shape index (κ2) is 3.95. The lowest BCUT2D eigenvalue weighted by atomic mass is 10.0. The predicted octanol–water partition coefficient (Wildman–Crippen LogP) is 3.10. The van der Waals surface area contributed by atoms with E-state index in [-0.39, 0.29) is 6.04 Å². The summed E-state index contributed by atoms with van der Waals surface area (Å²) in [6, 6.07) is 12.4. The molecule has 0 aliphatic rings. The van der Waals surface area contributed by atoms with Gasteiger partial charge in [0.1, 0.15) is 0 Å². The molecule has 0 bridgehead atoms. The highest BCUT2D eigenvalue weighted by atomic mass is 32.1. The first-order valence-electron chi connectivity index (χ1n) is 4.63. The van der Waals surface area contributed by atoms with Crippen molar-refractivity contribution in [2.75, 3.05) is 0 Å². The topological polar surface area (TPSA) is 26.0 Å². The number of rotatable bonds is 2. The minimum Gasteiger partial charge on any atom is -0.320 e. The van der Waals surface area contributed by atoms with E-state index >= 15 is 0 Å². The summed E-state index contributed by atoms with van der Waals surface area (Å²) in [6.07, 6.45) is 0. The molecular formula is C12H13NS. The van der Waals surface area contributed by atoms with Crippen LogP contribution in [-0.2, 0) is 0 Å². The zero-order valence-corrected chi connectivity index (χ0v) is 8.92. The summed E-state index contributed by atoms with van der Waals surface area (Å²) < 4.78 is 0. The quantitative estimate of drug-likeness (QED) is 0.797. The number of hydrogen-bond donors (Lipinski definition) is 1. The number of hydrogen-bond acceptors (Lipinski definition) is 2. The lowest BCUT2D eigenvalue weighted by Crippen LogP contribution is -2.11. The minimum absolute atomic E-state index is 0.0243. The largest absolute Gasteiger partial charge is 0.320 e. The average molecular weight is 203 g/mol. The van der Waals surface area contributed by atoms with Crippen molar-refractivity contribution in [3.8, 4) is 0 Å². The van der Waals surface area contributed by atoms with E-state index in [9.17, 15) is 0 Å². The smallest absolute Gasteiger partial charge is 0.0648 e. The lowest BCUT2D eigenvalue weighted by molar-refractivity contribution is 0.882. The first-order valence-corrected chi connectivity index (χ1v) is 5.51. The number of thiophene rings is 1. The van der Waals surface area contributed by atoms with E-state index in [0.29, 0.717) is 0 Å². The van der Waals surface area contributed by atoms with Gasteiger partial charge in [0.2, 0.25) is 0 Å². The van der Waals surface area contributed by atoms with Gasteiger partial charge in [0.25, 0.3) is 0 Å². The molecule has 1 aromatic heterocycles. The number of benzene rings is 1. The van der Waals surface area contributed by atoms with Crippen LogP contribution in [0.2, 0.25) is 0 Å². The van der Waals surface area contributed by atoms with Gasteiger partial charge >= 0.3 is 0 Å². The zero-order chi connectivity index (χ0) is 9.97. The van der Waals surface area contributed by atoms with E-state index in [1.807, 2.05) is 18.2 Å². The number of nitrogens with two attached hydrogens (primary N) is 1. The second-order valence-electron chi connectivity index (χ2n) is 3.35. The van der Waals surface area contributed by atoms with Gasteiger partial charge < -0.3 is 5.73 Å². The molecule has 1 heterocycles. The monoisotopic (exact) mass is 203 g/mol. The Labute approximate surface area is 88.2 Å². The van der Waals surface area contributed by atoms with E-state index < -0.39 is 0 Å². The summed E-state index contributed by atoms with van der Waals surface area (Å²) in [4.78, 5) is 1.22. The average Bonchev–Trinajstić information content (AvgIpc) is 2.70. The van der Waals surface area contributed by atoms with E-state index in [1.165, 1.54) is 16.0 Å². The molecule has 72 valence electrons. The van der Waals surface area contributed by atoms with Gasteiger partial charge in [-0.15, -0.1) is 11.3 Å². The van der Waals surface area contributed by atoms with Crippen molar-refractivity contribution in [2.45, 2.75) is 13.0 Å². The molecule has 0 aliphatic heterocycles. The SMILES string of the molecule is Cc1ccccc1[C@H](N)c1cccs1. The highest BCUT2D eigenvalue weighted by Gasteiger charge is 2.10. The lowest BCUT2D eigenvalue weighted by Gasteiger charge is -2.12. The van der Waals surface area contributed by atoms with E-state index in [0.717, 1.165) is 0 Å². The maximum Gasteiger partial charge on any atom is 0.0648 e. The summed E-state index contributed by atoms with van der Waals surface area (Å²) in [5.74, 6) is 0. The van der Waals surface area contributed by atoms with Crippen LogP contribution in [-0.4, -0.2) is 0 Å². The molecule has 0 fully saturated rings. The normalized spacial score (nSPS) is 12.7. The molecule has 0 saturated carbocycles. The van der Waals surface area contributed by atoms with Crippen molar-refractivity contribution in [2.24, 2.45) is 5.73 Å². The third kappa shape index (κ3) is 1.72. The summed E-state index contributed by atoms with van der Waals surface area (Å²) in [6.45, 7) is 2.10. The van der Waals surface area contributed by atoms with Crippen LogP contribution in [0.15, 0.2) is 41.8 Å². The minimum atomic E-state index is 0.0243. The molecule has 0 unspecified atom stereocenters. The summed E-state index contributed by atoms with van der Waals surface area (Å²) >= 11 is 1.71. The Morgan fingerprint density at radius 1 is 1.14 bits per heavy atom. The van der Waals surface area contributed by atoms with Crippen LogP contribution in [0.1, 0.15) is 22.0 Å². The van der Waals surface area contributed by atoms with Gasteiger partial charge in [0.05, 0.1) is 6.04 Å². The van der Waals surface area contributed by atoms with Gasteiger partial charge in [-0.2, -0.15) is 0 Å². The summed E-state index contributed by atoms with van der Waals surface area (Å²) in [7, 11) is 0. The molecule has 2 aromatic rings. The van der Waals surface area contributed by atoms with E-state index in [2.05, 4.69) is 30.5 Å². The predicted molar refractivity (Wildman–Crippen MR) is 61.5 cm³/mol. The van der Waals surface area contributed by atoms with Crippen molar-refractivity contribution >= 4 is 11.3 Å². The van der Waals surface area contributed by atoms with Crippen LogP contribution >= 0.6 is 11.3 Å². The van der Waals surface area contributed by atoms with Crippen LogP contribution in [0.25, 0.3) is 0 Å². The van der Waals surface area contributed by atoms with Gasteiger partial charge in [-0.3, -0.25) is 0 Å². The van der Waals surface area contributed by atoms with Crippen LogP contribution in [0, 0.1) is 6.92 Å². The van der Waals surface area contributed by atoms with Crippen molar-refractivity contribution in [1.29, 1.82) is 0 Å². The molecule has 1 aromatic carbocycles. The van der Waals surface area contributed by atoms with Crippen molar-refractivity contribution < 1.29 is 0 Å². The summed E-state index contributed by atoms with van der Waals surface area (Å²) in [5, 5.41) is 2.06. The molecule has 0 amide bonds. The third-order valence-electron chi connectivity index (χ3n) is 2.37. The molecule has 2 rings (SSSR count). The number of aryl methyl sites for hydroxylation is 1.